The summed E-state index contributed by atoms with van der Waals surface area (Å²) >= 11 is 0. The molecule has 94 valence electrons. The zero-order valence-electron chi connectivity index (χ0n) is 9.98. The SMILES string of the molecule is CCCNc1[nH]ncc1C(C=NCCN)=NN. The minimum atomic E-state index is 0.501. The molecule has 1 aromatic heterocycles. The van der Waals surface area contributed by atoms with Gasteiger partial charge < -0.3 is 16.9 Å². The van der Waals surface area contributed by atoms with E-state index >= 15 is 0 Å². The second-order valence-corrected chi connectivity index (χ2v) is 3.42. The van der Waals surface area contributed by atoms with Gasteiger partial charge in [-0.1, -0.05) is 6.92 Å². The Morgan fingerprint density at radius 3 is 3.12 bits per heavy atom. The molecule has 0 saturated carbocycles. The van der Waals surface area contributed by atoms with Crippen molar-refractivity contribution >= 4 is 17.7 Å². The summed E-state index contributed by atoms with van der Waals surface area (Å²) in [7, 11) is 0. The number of H-pyrrole nitrogens is 1. The molecule has 0 aliphatic carbocycles. The van der Waals surface area contributed by atoms with E-state index in [-0.39, 0.29) is 0 Å². The number of nitrogens with zero attached hydrogens (tertiary/aromatic N) is 3. The fourth-order valence-electron chi connectivity index (χ4n) is 1.26. The van der Waals surface area contributed by atoms with E-state index < -0.39 is 0 Å². The summed E-state index contributed by atoms with van der Waals surface area (Å²) in [5.41, 5.74) is 6.74. The highest BCUT2D eigenvalue weighted by molar-refractivity contribution is 6.39. The van der Waals surface area contributed by atoms with Gasteiger partial charge in [-0.05, 0) is 6.42 Å². The molecule has 0 aliphatic rings. The van der Waals surface area contributed by atoms with Gasteiger partial charge in [-0.3, -0.25) is 10.1 Å². The van der Waals surface area contributed by atoms with Crippen molar-refractivity contribution in [2.24, 2.45) is 21.7 Å². The highest BCUT2D eigenvalue weighted by atomic mass is 15.2. The number of hydrogen-bond donors (Lipinski definition) is 4. The minimum absolute atomic E-state index is 0.501. The van der Waals surface area contributed by atoms with Gasteiger partial charge in [0.15, 0.2) is 0 Å². The molecule has 1 aromatic rings. The van der Waals surface area contributed by atoms with Gasteiger partial charge in [-0.2, -0.15) is 10.2 Å². The summed E-state index contributed by atoms with van der Waals surface area (Å²) in [5, 5.41) is 13.7. The van der Waals surface area contributed by atoms with Crippen LogP contribution in [0.25, 0.3) is 0 Å². The maximum Gasteiger partial charge on any atom is 0.131 e. The lowest BCUT2D eigenvalue weighted by Crippen LogP contribution is -2.11. The van der Waals surface area contributed by atoms with Crippen molar-refractivity contribution < 1.29 is 0 Å². The topological polar surface area (TPSA) is 117 Å². The average Bonchev–Trinajstić information content (AvgIpc) is 2.80. The summed E-state index contributed by atoms with van der Waals surface area (Å²) in [6.45, 7) is 3.99. The smallest absolute Gasteiger partial charge is 0.131 e. The van der Waals surface area contributed by atoms with Crippen molar-refractivity contribution in [1.29, 1.82) is 0 Å². The van der Waals surface area contributed by atoms with Crippen LogP contribution >= 0.6 is 0 Å². The number of hydrazone groups is 1. The molecule has 0 fully saturated rings. The molecule has 0 amide bonds. The van der Waals surface area contributed by atoms with Crippen LogP contribution in [-0.4, -0.2) is 41.8 Å². The Bertz CT molecular complexity index is 380. The van der Waals surface area contributed by atoms with E-state index in [1.807, 2.05) is 0 Å². The molecular weight excluding hydrogens is 218 g/mol. The third-order valence-corrected chi connectivity index (χ3v) is 2.08. The van der Waals surface area contributed by atoms with Gasteiger partial charge in [-0.25, -0.2) is 0 Å². The molecule has 0 saturated heterocycles. The molecule has 0 aromatic carbocycles. The first-order valence-corrected chi connectivity index (χ1v) is 5.58. The largest absolute Gasteiger partial charge is 0.370 e. The van der Waals surface area contributed by atoms with Crippen LogP contribution in [-0.2, 0) is 0 Å². The second-order valence-electron chi connectivity index (χ2n) is 3.42. The number of hydrogen-bond acceptors (Lipinski definition) is 6. The molecule has 0 aliphatic heterocycles. The third-order valence-electron chi connectivity index (χ3n) is 2.08. The number of aromatic amines is 1. The summed E-state index contributed by atoms with van der Waals surface area (Å²) < 4.78 is 0. The number of aromatic nitrogens is 2. The molecular formula is C10H19N7. The van der Waals surface area contributed by atoms with Crippen LogP contribution in [0.4, 0.5) is 5.82 Å². The fourth-order valence-corrected chi connectivity index (χ4v) is 1.26. The van der Waals surface area contributed by atoms with Gasteiger partial charge in [0.05, 0.1) is 18.3 Å². The van der Waals surface area contributed by atoms with Crippen LogP contribution in [0.5, 0.6) is 0 Å². The predicted molar refractivity (Wildman–Crippen MR) is 70.5 cm³/mol. The average molecular weight is 237 g/mol. The van der Waals surface area contributed by atoms with E-state index in [0.717, 1.165) is 24.3 Å². The molecule has 1 heterocycles. The predicted octanol–water partition coefficient (Wildman–Crippen LogP) is -0.0761. The zero-order chi connectivity index (χ0) is 12.5. The standard InChI is InChI=1S/C10H19N7/c1-2-4-14-10-8(6-15-17-10)9(16-12)7-13-5-3-11/h6-7H,2-5,11-12H2,1H3,(H2,14,15,17). The Hall–Kier alpha value is -1.89. The molecule has 7 heteroatoms. The van der Waals surface area contributed by atoms with Gasteiger partial charge in [0.1, 0.15) is 11.5 Å². The summed E-state index contributed by atoms with van der Waals surface area (Å²) in [5.74, 6) is 6.14. The van der Waals surface area contributed by atoms with Crippen LogP contribution in [0.2, 0.25) is 0 Å². The summed E-state index contributed by atoms with van der Waals surface area (Å²) in [6, 6.07) is 0. The lowest BCUT2D eigenvalue weighted by molar-refractivity contribution is 0.960. The van der Waals surface area contributed by atoms with Gasteiger partial charge in [-0.15, -0.1) is 0 Å². The van der Waals surface area contributed by atoms with Crippen LogP contribution < -0.4 is 16.9 Å². The van der Waals surface area contributed by atoms with E-state index in [0.29, 0.717) is 18.8 Å². The Morgan fingerprint density at radius 2 is 2.47 bits per heavy atom. The monoisotopic (exact) mass is 237 g/mol. The molecule has 6 N–H and O–H groups in total. The first kappa shape index (κ1) is 13.2. The molecule has 0 unspecified atom stereocenters. The van der Waals surface area contributed by atoms with Gasteiger partial charge in [0.2, 0.25) is 0 Å². The molecule has 0 radical (unpaired) electrons. The number of aliphatic imine (C=N–C) groups is 1. The molecule has 0 spiro atoms. The van der Waals surface area contributed by atoms with Crippen LogP contribution in [0.15, 0.2) is 16.3 Å². The van der Waals surface area contributed by atoms with Crippen LogP contribution in [0.1, 0.15) is 18.9 Å². The van der Waals surface area contributed by atoms with E-state index in [4.69, 9.17) is 11.6 Å². The lowest BCUT2D eigenvalue weighted by Gasteiger charge is -2.04. The first-order valence-electron chi connectivity index (χ1n) is 5.58. The minimum Gasteiger partial charge on any atom is -0.370 e. The van der Waals surface area contributed by atoms with E-state index in [1.54, 1.807) is 12.4 Å². The zero-order valence-corrected chi connectivity index (χ0v) is 9.98. The van der Waals surface area contributed by atoms with Crippen LogP contribution in [0, 0.1) is 0 Å². The maximum atomic E-state index is 5.35. The first-order chi connectivity index (χ1) is 8.33. The molecule has 1 rings (SSSR count). The maximum absolute atomic E-state index is 5.35. The third kappa shape index (κ3) is 3.87. The lowest BCUT2D eigenvalue weighted by atomic mass is 10.2. The molecule has 17 heavy (non-hydrogen) atoms. The summed E-state index contributed by atoms with van der Waals surface area (Å²) in [4.78, 5) is 4.11. The molecule has 0 atom stereocenters. The van der Waals surface area contributed by atoms with Crippen molar-refractivity contribution in [3.8, 4) is 0 Å². The van der Waals surface area contributed by atoms with E-state index in [2.05, 4.69) is 32.5 Å². The molecule has 7 nitrogen and oxygen atoms in total. The van der Waals surface area contributed by atoms with Crippen LogP contribution in [0.3, 0.4) is 0 Å². The second kappa shape index (κ2) is 7.39. The van der Waals surface area contributed by atoms with Crippen molar-refractivity contribution in [1.82, 2.24) is 10.2 Å². The number of anilines is 1. The quantitative estimate of drug-likeness (QED) is 0.301. The van der Waals surface area contributed by atoms with Gasteiger partial charge in [0.25, 0.3) is 0 Å². The normalized spacial score (nSPS) is 12.2. The number of nitrogens with two attached hydrogens (primary N) is 2. The van der Waals surface area contributed by atoms with Crippen molar-refractivity contribution in [3.63, 3.8) is 0 Å². The highest BCUT2D eigenvalue weighted by Crippen LogP contribution is 2.11. The van der Waals surface area contributed by atoms with Crippen molar-refractivity contribution in [2.75, 3.05) is 25.0 Å². The Labute approximate surface area is 100 Å². The Kier molecular flexibility index (Phi) is 5.73. The van der Waals surface area contributed by atoms with E-state index in [1.165, 1.54) is 0 Å². The molecule has 0 bridgehead atoms. The van der Waals surface area contributed by atoms with Crippen molar-refractivity contribution in [3.05, 3.63) is 11.8 Å². The van der Waals surface area contributed by atoms with E-state index in [9.17, 15) is 0 Å². The highest BCUT2D eigenvalue weighted by Gasteiger charge is 2.09. The summed E-state index contributed by atoms with van der Waals surface area (Å²) in [6.07, 6.45) is 4.29. The Morgan fingerprint density at radius 1 is 1.65 bits per heavy atom. The van der Waals surface area contributed by atoms with Crippen molar-refractivity contribution in [2.45, 2.75) is 13.3 Å². The number of rotatable bonds is 7. The van der Waals surface area contributed by atoms with Gasteiger partial charge in [0, 0.05) is 19.3 Å². The van der Waals surface area contributed by atoms with Gasteiger partial charge >= 0.3 is 0 Å². The number of nitrogens with one attached hydrogen (secondary N) is 2. The Balaban J connectivity index is 2.78. The fraction of sp³-hybridized carbons (Fsp3) is 0.500.